The predicted molar refractivity (Wildman–Crippen MR) is 62.5 cm³/mol. The van der Waals surface area contributed by atoms with Gasteiger partial charge in [0.05, 0.1) is 6.20 Å². The largest absolute Gasteiger partial charge is 0.480 e. The molecule has 2 heterocycles. The van der Waals surface area contributed by atoms with Gasteiger partial charge in [-0.15, -0.1) is 0 Å². The summed E-state index contributed by atoms with van der Waals surface area (Å²) in [5, 5.41) is 12.4. The molecule has 0 unspecified atom stereocenters. The van der Waals surface area contributed by atoms with Crippen LogP contribution in [0.15, 0.2) is 17.3 Å². The zero-order chi connectivity index (χ0) is 13.2. The number of carboxylic acids is 1. The van der Waals surface area contributed by atoms with E-state index in [-0.39, 0.29) is 11.4 Å². The minimum Gasteiger partial charge on any atom is -0.480 e. The lowest BCUT2D eigenvalue weighted by atomic mass is 10.2. The molecule has 1 saturated heterocycles. The molecule has 1 N–H and O–H groups in total. The van der Waals surface area contributed by atoms with E-state index in [1.54, 1.807) is 0 Å². The molecule has 0 atom stereocenters. The third-order valence-electron chi connectivity index (χ3n) is 2.86. The maximum absolute atomic E-state index is 12.2. The Hall–Kier alpha value is -1.41. The second-order valence-corrected chi connectivity index (χ2v) is 6.17. The fourth-order valence-corrected chi connectivity index (χ4v) is 3.43. The van der Waals surface area contributed by atoms with Crippen molar-refractivity contribution in [3.05, 3.63) is 12.4 Å². The summed E-state index contributed by atoms with van der Waals surface area (Å²) in [7, 11) is -3.52. The standard InChI is InChI=1S/C10H15N3O4S/c14-10(15)8-12-7-9(6-11-12)18(16,17)13-4-2-1-3-5-13/h6-7H,1-5,8H2,(H,14,15). The van der Waals surface area contributed by atoms with E-state index >= 15 is 0 Å². The van der Waals surface area contributed by atoms with Gasteiger partial charge in [-0.3, -0.25) is 9.48 Å². The molecule has 1 aromatic rings. The van der Waals surface area contributed by atoms with Crippen molar-refractivity contribution in [3.8, 4) is 0 Å². The summed E-state index contributed by atoms with van der Waals surface area (Å²) in [6.45, 7) is 0.703. The number of hydrogen-bond acceptors (Lipinski definition) is 4. The molecule has 18 heavy (non-hydrogen) atoms. The Morgan fingerprint density at radius 1 is 1.33 bits per heavy atom. The van der Waals surface area contributed by atoms with Gasteiger partial charge in [0, 0.05) is 19.3 Å². The van der Waals surface area contributed by atoms with Gasteiger partial charge in [0.25, 0.3) is 0 Å². The van der Waals surface area contributed by atoms with Gasteiger partial charge < -0.3 is 5.11 Å². The van der Waals surface area contributed by atoms with Gasteiger partial charge in [-0.25, -0.2) is 8.42 Å². The monoisotopic (exact) mass is 273 g/mol. The zero-order valence-electron chi connectivity index (χ0n) is 9.82. The average molecular weight is 273 g/mol. The van der Waals surface area contributed by atoms with Gasteiger partial charge in [-0.2, -0.15) is 9.40 Å². The van der Waals surface area contributed by atoms with Crippen molar-refractivity contribution in [2.75, 3.05) is 13.1 Å². The highest BCUT2D eigenvalue weighted by Crippen LogP contribution is 2.19. The van der Waals surface area contributed by atoms with Crippen molar-refractivity contribution in [1.29, 1.82) is 0 Å². The molecule has 0 spiro atoms. The van der Waals surface area contributed by atoms with Crippen molar-refractivity contribution in [1.82, 2.24) is 14.1 Å². The highest BCUT2D eigenvalue weighted by Gasteiger charge is 2.27. The molecular weight excluding hydrogens is 258 g/mol. The Labute approximate surface area is 105 Å². The number of hydrogen-bond donors (Lipinski definition) is 1. The van der Waals surface area contributed by atoms with E-state index in [9.17, 15) is 13.2 Å². The Bertz CT molecular complexity index is 531. The maximum atomic E-state index is 12.2. The first kappa shape index (κ1) is 13.0. The van der Waals surface area contributed by atoms with Crippen LogP contribution in [-0.4, -0.2) is 46.7 Å². The van der Waals surface area contributed by atoms with Gasteiger partial charge in [0.15, 0.2) is 0 Å². The molecule has 2 rings (SSSR count). The van der Waals surface area contributed by atoms with Crippen molar-refractivity contribution in [2.24, 2.45) is 0 Å². The topological polar surface area (TPSA) is 92.5 Å². The van der Waals surface area contributed by atoms with Gasteiger partial charge in [0.1, 0.15) is 11.4 Å². The second kappa shape index (κ2) is 5.07. The maximum Gasteiger partial charge on any atom is 0.325 e. The Kier molecular flexibility index (Phi) is 3.67. The van der Waals surface area contributed by atoms with E-state index in [0.717, 1.165) is 23.9 Å². The van der Waals surface area contributed by atoms with Crippen LogP contribution < -0.4 is 0 Å². The number of sulfonamides is 1. The zero-order valence-corrected chi connectivity index (χ0v) is 10.6. The van der Waals surface area contributed by atoms with Crippen LogP contribution in [-0.2, 0) is 21.4 Å². The molecule has 0 bridgehead atoms. The van der Waals surface area contributed by atoms with Crippen molar-refractivity contribution in [2.45, 2.75) is 30.7 Å². The normalized spacial score (nSPS) is 17.8. The van der Waals surface area contributed by atoms with Crippen LogP contribution in [0.3, 0.4) is 0 Å². The number of piperidine rings is 1. The van der Waals surface area contributed by atoms with Crippen LogP contribution in [0.25, 0.3) is 0 Å². The molecule has 0 saturated carbocycles. The SMILES string of the molecule is O=C(O)Cn1cc(S(=O)(=O)N2CCCCC2)cn1. The average Bonchev–Trinajstić information content (AvgIpc) is 2.78. The summed E-state index contributed by atoms with van der Waals surface area (Å²) >= 11 is 0. The number of carboxylic acid groups (broad SMARTS) is 1. The molecule has 7 nitrogen and oxygen atoms in total. The van der Waals surface area contributed by atoms with Crippen LogP contribution in [0.4, 0.5) is 0 Å². The molecule has 100 valence electrons. The summed E-state index contributed by atoms with van der Waals surface area (Å²) in [4.78, 5) is 10.6. The number of aromatic nitrogens is 2. The molecule has 1 aromatic heterocycles. The number of nitrogens with zero attached hydrogens (tertiary/aromatic N) is 3. The lowest BCUT2D eigenvalue weighted by Crippen LogP contribution is -2.35. The van der Waals surface area contributed by atoms with E-state index < -0.39 is 16.0 Å². The van der Waals surface area contributed by atoms with Crippen LogP contribution in [0.5, 0.6) is 0 Å². The van der Waals surface area contributed by atoms with E-state index in [4.69, 9.17) is 5.11 Å². The summed E-state index contributed by atoms with van der Waals surface area (Å²) in [5.74, 6) is -1.06. The number of aliphatic carboxylic acids is 1. The smallest absolute Gasteiger partial charge is 0.325 e. The molecule has 1 fully saturated rings. The van der Waals surface area contributed by atoms with Crippen molar-refractivity contribution in [3.63, 3.8) is 0 Å². The summed E-state index contributed by atoms with van der Waals surface area (Å²) < 4.78 is 27.0. The first-order chi connectivity index (χ1) is 8.50. The molecule has 0 aliphatic carbocycles. The van der Waals surface area contributed by atoms with Crippen molar-refractivity contribution < 1.29 is 18.3 Å². The van der Waals surface area contributed by atoms with Crippen LogP contribution >= 0.6 is 0 Å². The lowest BCUT2D eigenvalue weighted by Gasteiger charge is -2.25. The van der Waals surface area contributed by atoms with E-state index in [2.05, 4.69) is 5.10 Å². The van der Waals surface area contributed by atoms with Crippen LogP contribution in [0.2, 0.25) is 0 Å². The summed E-state index contributed by atoms with van der Waals surface area (Å²) in [6.07, 6.45) is 5.24. The summed E-state index contributed by atoms with van der Waals surface area (Å²) in [6, 6.07) is 0. The first-order valence-electron chi connectivity index (χ1n) is 5.74. The third kappa shape index (κ3) is 2.70. The lowest BCUT2D eigenvalue weighted by molar-refractivity contribution is -0.137. The van der Waals surface area contributed by atoms with Gasteiger partial charge in [-0.1, -0.05) is 6.42 Å². The first-order valence-corrected chi connectivity index (χ1v) is 7.18. The minimum absolute atomic E-state index is 0.0608. The second-order valence-electron chi connectivity index (χ2n) is 4.23. The Morgan fingerprint density at radius 3 is 2.61 bits per heavy atom. The Morgan fingerprint density at radius 2 is 2.00 bits per heavy atom. The third-order valence-corrected chi connectivity index (χ3v) is 4.71. The van der Waals surface area contributed by atoms with E-state index in [1.165, 1.54) is 16.7 Å². The van der Waals surface area contributed by atoms with Crippen LogP contribution in [0, 0.1) is 0 Å². The summed E-state index contributed by atoms with van der Waals surface area (Å²) in [5.41, 5.74) is 0. The van der Waals surface area contributed by atoms with Gasteiger partial charge >= 0.3 is 5.97 Å². The fraction of sp³-hybridized carbons (Fsp3) is 0.600. The molecular formula is C10H15N3O4S. The van der Waals surface area contributed by atoms with Gasteiger partial charge in [-0.05, 0) is 12.8 Å². The van der Waals surface area contributed by atoms with E-state index in [0.29, 0.717) is 13.1 Å². The van der Waals surface area contributed by atoms with Gasteiger partial charge in [0.2, 0.25) is 10.0 Å². The fourth-order valence-electron chi connectivity index (χ4n) is 1.96. The number of rotatable bonds is 4. The molecule has 1 aliphatic rings. The molecule has 1 aliphatic heterocycles. The van der Waals surface area contributed by atoms with E-state index in [1.807, 2.05) is 0 Å². The molecule has 0 aromatic carbocycles. The Balaban J connectivity index is 2.18. The van der Waals surface area contributed by atoms with Crippen molar-refractivity contribution >= 4 is 16.0 Å². The highest BCUT2D eigenvalue weighted by atomic mass is 32.2. The minimum atomic E-state index is -3.52. The predicted octanol–water partition coefficient (Wildman–Crippen LogP) is 0.142. The molecule has 0 radical (unpaired) electrons. The highest BCUT2D eigenvalue weighted by molar-refractivity contribution is 7.89. The van der Waals surface area contributed by atoms with Crippen LogP contribution in [0.1, 0.15) is 19.3 Å². The quantitative estimate of drug-likeness (QED) is 0.842. The number of carbonyl (C=O) groups is 1. The molecule has 0 amide bonds. The molecule has 8 heteroatoms.